The molecule has 1 aliphatic heterocycles. The summed E-state index contributed by atoms with van der Waals surface area (Å²) in [7, 11) is 0. The van der Waals surface area contributed by atoms with Gasteiger partial charge in [-0.05, 0) is 23.0 Å². The summed E-state index contributed by atoms with van der Waals surface area (Å²) >= 11 is 2.41. The summed E-state index contributed by atoms with van der Waals surface area (Å²) in [5.41, 5.74) is 1.83. The Hall–Kier alpha value is -3.51. The number of anilines is 1. The molecule has 0 spiro atoms. The molecule has 0 unspecified atom stereocenters. The SMILES string of the molecule is CC(C)(C)c1cc(SCC(=O)N2CCN([n+]3cc(NC(=O)CSC(=O)c4ccccc4)on3)CC2)cc(C(C)(C)C)c1O. The Kier molecular flexibility index (Phi) is 10.1. The number of piperazine rings is 1. The Bertz CT molecular complexity index is 1420. The first-order valence-corrected chi connectivity index (χ1v) is 16.1. The average molecular weight is 627 g/mol. The van der Waals surface area contributed by atoms with Crippen molar-refractivity contribution in [2.24, 2.45) is 0 Å². The van der Waals surface area contributed by atoms with E-state index in [1.807, 2.05) is 28.1 Å². The third-order valence-corrected chi connectivity index (χ3v) is 8.89. The van der Waals surface area contributed by atoms with Gasteiger partial charge in [0.2, 0.25) is 22.2 Å². The summed E-state index contributed by atoms with van der Waals surface area (Å²) < 4.78 is 5.26. The lowest BCUT2D eigenvalue weighted by atomic mass is 9.79. The number of aromatic nitrogens is 2. The van der Waals surface area contributed by atoms with Crippen molar-refractivity contribution in [3.8, 4) is 5.75 Å². The molecule has 1 aliphatic rings. The van der Waals surface area contributed by atoms with Crippen molar-refractivity contribution >= 4 is 46.3 Å². The van der Waals surface area contributed by atoms with Gasteiger partial charge in [0.05, 0.1) is 29.4 Å². The number of carbonyl (C=O) groups excluding carboxylic acids is 3. The summed E-state index contributed by atoms with van der Waals surface area (Å²) in [4.78, 5) is 41.9. The van der Waals surface area contributed by atoms with Gasteiger partial charge in [0.25, 0.3) is 6.20 Å². The monoisotopic (exact) mass is 626 g/mol. The van der Waals surface area contributed by atoms with Gasteiger partial charge >= 0.3 is 5.88 Å². The van der Waals surface area contributed by atoms with Crippen molar-refractivity contribution < 1.29 is 28.8 Å². The van der Waals surface area contributed by atoms with Crippen molar-refractivity contribution in [1.29, 1.82) is 0 Å². The van der Waals surface area contributed by atoms with E-state index in [0.29, 0.717) is 43.2 Å². The number of hydrogen-bond acceptors (Lipinski definition) is 9. The van der Waals surface area contributed by atoms with Gasteiger partial charge in [-0.1, -0.05) is 83.6 Å². The molecule has 230 valence electrons. The van der Waals surface area contributed by atoms with E-state index in [9.17, 15) is 19.5 Å². The van der Waals surface area contributed by atoms with E-state index in [-0.39, 0.29) is 39.4 Å². The average Bonchev–Trinajstić information content (AvgIpc) is 3.42. The van der Waals surface area contributed by atoms with Gasteiger partial charge in [-0.3, -0.25) is 24.2 Å². The highest BCUT2D eigenvalue weighted by Gasteiger charge is 2.30. The smallest absolute Gasteiger partial charge is 0.305 e. The number of thioether (sulfide) groups is 2. The zero-order valence-electron chi connectivity index (χ0n) is 25.5. The van der Waals surface area contributed by atoms with Crippen molar-refractivity contribution in [2.45, 2.75) is 57.3 Å². The van der Waals surface area contributed by atoms with Crippen molar-refractivity contribution in [2.75, 3.05) is 48.0 Å². The van der Waals surface area contributed by atoms with Gasteiger partial charge in [-0.2, -0.15) is 0 Å². The molecule has 12 heteroatoms. The minimum atomic E-state index is -0.372. The second-order valence-electron chi connectivity index (χ2n) is 12.5. The number of aromatic hydroxyl groups is 1. The Labute approximate surface area is 261 Å². The Balaban J connectivity index is 1.26. The third kappa shape index (κ3) is 8.54. The highest BCUT2D eigenvalue weighted by atomic mass is 32.2. The molecule has 10 nitrogen and oxygen atoms in total. The highest BCUT2D eigenvalue weighted by Crippen LogP contribution is 2.41. The molecule has 4 rings (SSSR count). The largest absolute Gasteiger partial charge is 0.507 e. The van der Waals surface area contributed by atoms with E-state index in [0.717, 1.165) is 27.8 Å². The van der Waals surface area contributed by atoms with Crippen molar-refractivity contribution in [3.63, 3.8) is 0 Å². The molecule has 0 aliphatic carbocycles. The highest BCUT2D eigenvalue weighted by molar-refractivity contribution is 8.14. The minimum absolute atomic E-state index is 0.0491. The summed E-state index contributed by atoms with van der Waals surface area (Å²) in [6, 6.07) is 12.8. The molecule has 0 bridgehead atoms. The fourth-order valence-corrected chi connectivity index (χ4v) is 6.12. The molecule has 2 amide bonds. The number of rotatable bonds is 8. The minimum Gasteiger partial charge on any atom is -0.507 e. The first-order chi connectivity index (χ1) is 20.2. The lowest BCUT2D eigenvalue weighted by Gasteiger charge is -2.30. The van der Waals surface area contributed by atoms with E-state index in [1.165, 1.54) is 16.6 Å². The molecule has 3 aromatic rings. The van der Waals surface area contributed by atoms with E-state index in [4.69, 9.17) is 4.52 Å². The Morgan fingerprint density at radius 1 is 0.953 bits per heavy atom. The number of phenols is 1. The topological polar surface area (TPSA) is 120 Å². The summed E-state index contributed by atoms with van der Waals surface area (Å²) in [6.45, 7) is 14.6. The maximum Gasteiger partial charge on any atom is 0.305 e. The fraction of sp³-hybridized carbons (Fsp3) is 0.452. The van der Waals surface area contributed by atoms with Gasteiger partial charge in [0.1, 0.15) is 5.75 Å². The van der Waals surface area contributed by atoms with E-state index < -0.39 is 0 Å². The van der Waals surface area contributed by atoms with Crippen LogP contribution in [0, 0.1) is 0 Å². The predicted molar refractivity (Wildman–Crippen MR) is 169 cm³/mol. The Morgan fingerprint density at radius 2 is 1.56 bits per heavy atom. The predicted octanol–water partition coefficient (Wildman–Crippen LogP) is 4.35. The van der Waals surface area contributed by atoms with E-state index in [2.05, 4.69) is 52.1 Å². The molecule has 43 heavy (non-hydrogen) atoms. The maximum absolute atomic E-state index is 13.1. The number of phenolic OH excluding ortho intramolecular Hbond substituents is 1. The third-order valence-electron chi connectivity index (χ3n) is 7.02. The molecule has 0 radical (unpaired) electrons. The molecular formula is C31H40N5O5S2+. The first-order valence-electron chi connectivity index (χ1n) is 14.2. The number of nitrogens with zero attached hydrogens (tertiary/aromatic N) is 4. The summed E-state index contributed by atoms with van der Waals surface area (Å²) in [6.07, 6.45) is 1.57. The second-order valence-corrected chi connectivity index (χ2v) is 14.5. The number of carbonyl (C=O) groups is 3. The van der Waals surface area contributed by atoms with Gasteiger partial charge in [-0.15, -0.1) is 16.8 Å². The molecule has 1 saturated heterocycles. The van der Waals surface area contributed by atoms with Gasteiger partial charge in [0, 0.05) is 34.7 Å². The molecular weight excluding hydrogens is 587 g/mol. The molecule has 1 aromatic heterocycles. The van der Waals surface area contributed by atoms with Crippen LogP contribution in [0.1, 0.15) is 63.0 Å². The zero-order chi connectivity index (χ0) is 31.4. The molecule has 0 saturated carbocycles. The second kappa shape index (κ2) is 13.4. The summed E-state index contributed by atoms with van der Waals surface area (Å²) in [5.74, 6) is 0.432. The van der Waals surface area contributed by atoms with Crippen molar-refractivity contribution in [3.05, 3.63) is 65.4 Å². The van der Waals surface area contributed by atoms with Crippen LogP contribution in [0.2, 0.25) is 0 Å². The van der Waals surface area contributed by atoms with Crippen LogP contribution >= 0.6 is 23.5 Å². The first kappa shape index (κ1) is 32.4. The lowest BCUT2D eigenvalue weighted by molar-refractivity contribution is -0.759. The number of nitrogens with one attached hydrogen (secondary N) is 1. The standard InChI is InChI=1S/C31H39N5O5S2/c1-30(2,3)23-16-22(17-24(28(23)39)31(4,5)6)42-20-27(38)34-12-14-35(15-13-34)36-18-26(41-33-36)32-25(37)19-43-29(40)21-10-8-7-9-11-21/h7-11,16-18H,12-15,19-20H2,1-6H3,(H-,32,33,37,39)/p+1. The van der Waals surface area contributed by atoms with Crippen LogP contribution in [0.4, 0.5) is 5.88 Å². The van der Waals surface area contributed by atoms with E-state index in [1.54, 1.807) is 30.5 Å². The summed E-state index contributed by atoms with van der Waals surface area (Å²) in [5, 5.41) is 19.3. The van der Waals surface area contributed by atoms with Crippen LogP contribution in [-0.4, -0.2) is 69.9 Å². The van der Waals surface area contributed by atoms with Crippen LogP contribution < -0.4 is 15.1 Å². The molecule has 0 atom stereocenters. The van der Waals surface area contributed by atoms with Crippen LogP contribution in [-0.2, 0) is 20.4 Å². The number of amides is 2. The van der Waals surface area contributed by atoms with Crippen LogP contribution in [0.15, 0.2) is 58.1 Å². The Morgan fingerprint density at radius 3 is 2.14 bits per heavy atom. The van der Waals surface area contributed by atoms with Gasteiger partial charge in [0.15, 0.2) is 0 Å². The van der Waals surface area contributed by atoms with Gasteiger partial charge in [-0.25, -0.2) is 0 Å². The van der Waals surface area contributed by atoms with Crippen LogP contribution in [0.25, 0.3) is 0 Å². The number of hydrogen-bond donors (Lipinski definition) is 2. The van der Waals surface area contributed by atoms with Crippen LogP contribution in [0.5, 0.6) is 5.75 Å². The lowest BCUT2D eigenvalue weighted by Crippen LogP contribution is -2.66. The van der Waals surface area contributed by atoms with Crippen molar-refractivity contribution in [1.82, 2.24) is 10.2 Å². The number of benzene rings is 2. The molecule has 2 heterocycles. The normalized spacial score (nSPS) is 14.1. The zero-order valence-corrected chi connectivity index (χ0v) is 27.2. The van der Waals surface area contributed by atoms with E-state index >= 15 is 0 Å². The molecule has 2 N–H and O–H groups in total. The van der Waals surface area contributed by atoms with Gasteiger partial charge < -0.3 is 10.0 Å². The van der Waals surface area contributed by atoms with Crippen LogP contribution in [0.3, 0.4) is 0 Å². The fourth-order valence-electron chi connectivity index (χ4n) is 4.61. The molecule has 1 fully saturated rings. The quantitative estimate of drug-likeness (QED) is 0.278. The molecule has 2 aromatic carbocycles. The maximum atomic E-state index is 13.1.